The number of halogens is 1. The molecule has 110 valence electrons. The highest BCUT2D eigenvalue weighted by molar-refractivity contribution is 9.10. The maximum Gasteiger partial charge on any atom is 0.271 e. The minimum Gasteiger partial charge on any atom is -0.290 e. The smallest absolute Gasteiger partial charge is 0.271 e. The lowest BCUT2D eigenvalue weighted by molar-refractivity contribution is -0.384. The van der Waals surface area contributed by atoms with Gasteiger partial charge in [-0.25, -0.2) is 4.68 Å². The maximum atomic E-state index is 12.1. The lowest BCUT2D eigenvalue weighted by Crippen LogP contribution is -2.13. The monoisotopic (exact) mass is 360 g/mol. The molecule has 0 spiro atoms. The molecule has 22 heavy (non-hydrogen) atoms. The first-order valence-electron chi connectivity index (χ1n) is 6.22. The Bertz CT molecular complexity index is 899. The Morgan fingerprint density at radius 2 is 1.91 bits per heavy atom. The van der Waals surface area contributed by atoms with E-state index in [9.17, 15) is 14.9 Å². The average Bonchev–Trinajstić information content (AvgIpc) is 2.89. The molecule has 0 amide bonds. The number of aromatic amines is 1. The van der Waals surface area contributed by atoms with Crippen molar-refractivity contribution in [3.63, 3.8) is 0 Å². The maximum absolute atomic E-state index is 12.1. The Kier molecular flexibility index (Phi) is 3.60. The van der Waals surface area contributed by atoms with Crippen LogP contribution >= 0.6 is 15.9 Å². The lowest BCUT2D eigenvalue weighted by Gasteiger charge is -2.02. The number of hydrogen-bond donors (Lipinski definition) is 1. The van der Waals surface area contributed by atoms with Crippen molar-refractivity contribution >= 4 is 21.6 Å². The number of pyridine rings is 1. The number of nitrogens with one attached hydrogen (secondary N) is 1. The van der Waals surface area contributed by atoms with Crippen LogP contribution in [0.15, 0.2) is 58.1 Å². The van der Waals surface area contributed by atoms with Crippen molar-refractivity contribution in [2.75, 3.05) is 0 Å². The first kappa shape index (κ1) is 14.2. The topological polar surface area (TPSA) is 93.8 Å². The van der Waals surface area contributed by atoms with Crippen LogP contribution in [0.1, 0.15) is 0 Å². The third-order valence-corrected chi connectivity index (χ3v) is 3.49. The molecule has 0 fully saturated rings. The average molecular weight is 361 g/mol. The van der Waals surface area contributed by atoms with Crippen molar-refractivity contribution < 1.29 is 4.92 Å². The summed E-state index contributed by atoms with van der Waals surface area (Å²) in [5, 5.41) is 13.6. The standard InChI is InChI=1S/C14H9BrN4O3/c15-10-5-9(7-16-8-10)13-6-14(20)18(17-13)11-1-3-12(4-2-11)19(21)22/h1-8,17H. The van der Waals surface area contributed by atoms with Gasteiger partial charge < -0.3 is 0 Å². The third-order valence-electron chi connectivity index (χ3n) is 3.06. The summed E-state index contributed by atoms with van der Waals surface area (Å²) in [5.41, 5.74) is 1.60. The van der Waals surface area contributed by atoms with Gasteiger partial charge in [-0.2, -0.15) is 0 Å². The number of hydrogen-bond acceptors (Lipinski definition) is 4. The molecule has 8 heteroatoms. The normalized spacial score (nSPS) is 10.6. The van der Waals surface area contributed by atoms with Gasteiger partial charge >= 0.3 is 0 Å². The highest BCUT2D eigenvalue weighted by Crippen LogP contribution is 2.20. The van der Waals surface area contributed by atoms with E-state index < -0.39 is 4.92 Å². The van der Waals surface area contributed by atoms with Crippen molar-refractivity contribution in [1.82, 2.24) is 14.8 Å². The molecule has 0 bridgehead atoms. The van der Waals surface area contributed by atoms with Crippen molar-refractivity contribution in [3.05, 3.63) is 73.7 Å². The van der Waals surface area contributed by atoms with Crippen LogP contribution in [0.3, 0.4) is 0 Å². The number of nitrogens with zero attached hydrogens (tertiary/aromatic N) is 3. The van der Waals surface area contributed by atoms with Crippen molar-refractivity contribution in [2.24, 2.45) is 0 Å². The number of non-ortho nitro benzene ring substituents is 1. The molecule has 2 heterocycles. The van der Waals surface area contributed by atoms with Gasteiger partial charge in [0.1, 0.15) is 0 Å². The van der Waals surface area contributed by atoms with Gasteiger partial charge in [-0.1, -0.05) is 0 Å². The van der Waals surface area contributed by atoms with Crippen LogP contribution in [-0.4, -0.2) is 19.7 Å². The Balaban J connectivity index is 2.02. The van der Waals surface area contributed by atoms with E-state index in [0.29, 0.717) is 11.4 Å². The molecule has 7 nitrogen and oxygen atoms in total. The SMILES string of the molecule is O=c1cc(-c2cncc(Br)c2)[nH]n1-c1ccc([N+](=O)[O-])cc1. The summed E-state index contributed by atoms with van der Waals surface area (Å²) < 4.78 is 2.12. The molecule has 3 aromatic rings. The number of benzene rings is 1. The first-order chi connectivity index (χ1) is 10.5. The lowest BCUT2D eigenvalue weighted by atomic mass is 10.2. The van der Waals surface area contributed by atoms with E-state index in [2.05, 4.69) is 26.0 Å². The van der Waals surface area contributed by atoms with Crippen LogP contribution < -0.4 is 5.56 Å². The molecule has 2 aromatic heterocycles. The van der Waals surface area contributed by atoms with Crippen molar-refractivity contribution in [1.29, 1.82) is 0 Å². The van der Waals surface area contributed by atoms with Crippen LogP contribution in [0, 0.1) is 10.1 Å². The summed E-state index contributed by atoms with van der Waals surface area (Å²) in [6, 6.07) is 9.01. The van der Waals surface area contributed by atoms with Crippen molar-refractivity contribution in [3.8, 4) is 16.9 Å². The second-order valence-corrected chi connectivity index (χ2v) is 5.42. The Morgan fingerprint density at radius 1 is 1.18 bits per heavy atom. The summed E-state index contributed by atoms with van der Waals surface area (Å²) in [6.07, 6.45) is 3.28. The number of nitro groups is 1. The summed E-state index contributed by atoms with van der Waals surface area (Å²) >= 11 is 3.33. The second-order valence-electron chi connectivity index (χ2n) is 4.51. The number of aromatic nitrogens is 3. The van der Waals surface area contributed by atoms with E-state index in [-0.39, 0.29) is 11.2 Å². The van der Waals surface area contributed by atoms with Crippen molar-refractivity contribution in [2.45, 2.75) is 0 Å². The number of nitro benzene ring substituents is 1. The van der Waals surface area contributed by atoms with E-state index in [1.807, 2.05) is 6.07 Å². The third kappa shape index (κ3) is 2.68. The molecular weight excluding hydrogens is 352 g/mol. The zero-order valence-electron chi connectivity index (χ0n) is 11.1. The van der Waals surface area contributed by atoms with Gasteiger partial charge in [0, 0.05) is 40.6 Å². The van der Waals surface area contributed by atoms with E-state index in [1.165, 1.54) is 35.0 Å². The molecular formula is C14H9BrN4O3. The summed E-state index contributed by atoms with van der Waals surface area (Å²) in [7, 11) is 0. The summed E-state index contributed by atoms with van der Waals surface area (Å²) in [6.45, 7) is 0. The van der Waals surface area contributed by atoms with Gasteiger partial charge in [0.25, 0.3) is 11.2 Å². The van der Waals surface area contributed by atoms with E-state index in [1.54, 1.807) is 12.4 Å². The van der Waals surface area contributed by atoms with Crippen LogP contribution in [-0.2, 0) is 0 Å². The van der Waals surface area contributed by atoms with Crippen LogP contribution in [0.4, 0.5) is 5.69 Å². The molecule has 1 N–H and O–H groups in total. The second kappa shape index (κ2) is 5.57. The highest BCUT2D eigenvalue weighted by atomic mass is 79.9. The zero-order chi connectivity index (χ0) is 15.7. The number of H-pyrrole nitrogens is 1. The minimum absolute atomic E-state index is 0.0280. The Labute approximate surface area is 132 Å². The van der Waals surface area contributed by atoms with Gasteiger partial charge in [0.15, 0.2) is 0 Å². The first-order valence-corrected chi connectivity index (χ1v) is 7.02. The minimum atomic E-state index is -0.486. The van der Waals surface area contributed by atoms with E-state index in [0.717, 1.165) is 10.0 Å². The molecule has 0 aliphatic heterocycles. The molecule has 3 rings (SSSR count). The summed E-state index contributed by atoms with van der Waals surface area (Å²) in [4.78, 5) is 26.3. The molecule has 0 aliphatic rings. The van der Waals surface area contributed by atoms with Crippen LogP contribution in [0.25, 0.3) is 16.9 Å². The van der Waals surface area contributed by atoms with E-state index >= 15 is 0 Å². The molecule has 0 atom stereocenters. The molecule has 0 unspecified atom stereocenters. The van der Waals surface area contributed by atoms with E-state index in [4.69, 9.17) is 0 Å². The van der Waals surface area contributed by atoms with Gasteiger partial charge in [0.05, 0.1) is 16.3 Å². The van der Waals surface area contributed by atoms with Crippen LogP contribution in [0.5, 0.6) is 0 Å². The Hall–Kier alpha value is -2.74. The predicted molar refractivity (Wildman–Crippen MR) is 84.0 cm³/mol. The fourth-order valence-electron chi connectivity index (χ4n) is 2.02. The highest BCUT2D eigenvalue weighted by Gasteiger charge is 2.10. The fraction of sp³-hybridized carbons (Fsp3) is 0. The van der Waals surface area contributed by atoms with Gasteiger partial charge in [0.2, 0.25) is 0 Å². The molecule has 0 radical (unpaired) electrons. The molecule has 0 aliphatic carbocycles. The number of rotatable bonds is 3. The van der Waals surface area contributed by atoms with Crippen LogP contribution in [0.2, 0.25) is 0 Å². The summed E-state index contributed by atoms with van der Waals surface area (Å²) in [5.74, 6) is 0. The fourth-order valence-corrected chi connectivity index (χ4v) is 2.38. The van der Waals surface area contributed by atoms with Gasteiger partial charge in [-0.3, -0.25) is 25.0 Å². The van der Waals surface area contributed by atoms with Gasteiger partial charge in [-0.15, -0.1) is 0 Å². The predicted octanol–water partition coefficient (Wildman–Crippen LogP) is 2.90. The Morgan fingerprint density at radius 3 is 2.55 bits per heavy atom. The quantitative estimate of drug-likeness (QED) is 0.573. The largest absolute Gasteiger partial charge is 0.290 e. The zero-order valence-corrected chi connectivity index (χ0v) is 12.6. The molecule has 0 saturated heterocycles. The molecule has 0 saturated carbocycles. The molecule has 1 aromatic carbocycles. The van der Waals surface area contributed by atoms with Gasteiger partial charge in [-0.05, 0) is 34.1 Å².